The van der Waals surface area contributed by atoms with E-state index < -0.39 is 0 Å². The maximum Gasteiger partial charge on any atom is 0.0580 e. The van der Waals surface area contributed by atoms with Crippen molar-refractivity contribution in [1.29, 1.82) is 0 Å². The Morgan fingerprint density at radius 2 is 2.56 bits per heavy atom. The first-order valence-electron chi connectivity index (χ1n) is 2.82. The van der Waals surface area contributed by atoms with E-state index in [4.69, 9.17) is 0 Å². The zero-order chi connectivity index (χ0) is 6.69. The van der Waals surface area contributed by atoms with E-state index in [1.165, 1.54) is 0 Å². The summed E-state index contributed by atoms with van der Waals surface area (Å²) in [5.74, 6) is 0. The molecule has 0 spiro atoms. The lowest BCUT2D eigenvalue weighted by atomic mass is 10.1. The van der Waals surface area contributed by atoms with E-state index in [0.29, 0.717) is 3.92 Å². The number of hydrogen-bond donors (Lipinski definition) is 0. The highest BCUT2D eigenvalue weighted by Crippen LogP contribution is 2.16. The zero-order valence-corrected chi connectivity index (χ0v) is 7.21. The van der Waals surface area contributed by atoms with Gasteiger partial charge >= 0.3 is 0 Å². The average molecular weight is 233 g/mol. The van der Waals surface area contributed by atoms with Gasteiger partial charge in [-0.2, -0.15) is 0 Å². The highest BCUT2D eigenvalue weighted by atomic mass is 127. The molecule has 0 aromatic carbocycles. The van der Waals surface area contributed by atoms with Gasteiger partial charge in [0.05, 0.1) is 5.70 Å². The predicted molar refractivity (Wildman–Crippen MR) is 49.2 cm³/mol. The van der Waals surface area contributed by atoms with E-state index >= 15 is 0 Å². The van der Waals surface area contributed by atoms with Crippen LogP contribution in [0.5, 0.6) is 0 Å². The number of hydrogen-bond acceptors (Lipinski definition) is 1. The standard InChI is InChI=1S/C7H8IN/c1-9-7-4-2-6(8)3-5-7/h2,4-6H,1,3H2. The Hall–Kier alpha value is -0.120. The van der Waals surface area contributed by atoms with E-state index in [2.05, 4.69) is 46.5 Å². The van der Waals surface area contributed by atoms with Crippen LogP contribution in [0, 0.1) is 0 Å². The molecule has 9 heavy (non-hydrogen) atoms. The molecule has 0 fully saturated rings. The van der Waals surface area contributed by atoms with Crippen LogP contribution in [0.25, 0.3) is 0 Å². The largest absolute Gasteiger partial charge is 0.265 e. The molecule has 1 rings (SSSR count). The van der Waals surface area contributed by atoms with Gasteiger partial charge in [0.2, 0.25) is 0 Å². The van der Waals surface area contributed by atoms with Gasteiger partial charge in [-0.15, -0.1) is 0 Å². The molecule has 1 unspecified atom stereocenters. The molecule has 0 N–H and O–H groups in total. The number of alkyl halides is 1. The summed E-state index contributed by atoms with van der Waals surface area (Å²) in [5, 5.41) is 0. The second-order valence-electron chi connectivity index (χ2n) is 1.90. The molecular weight excluding hydrogens is 225 g/mol. The molecule has 0 radical (unpaired) electrons. The van der Waals surface area contributed by atoms with Crippen molar-refractivity contribution >= 4 is 29.3 Å². The average Bonchev–Trinajstić information content (AvgIpc) is 1.90. The molecule has 1 nitrogen and oxygen atoms in total. The van der Waals surface area contributed by atoms with Gasteiger partial charge in [-0.25, -0.2) is 0 Å². The number of halogens is 1. The molecule has 0 amide bonds. The van der Waals surface area contributed by atoms with Crippen molar-refractivity contribution in [2.24, 2.45) is 4.99 Å². The smallest absolute Gasteiger partial charge is 0.0580 e. The van der Waals surface area contributed by atoms with E-state index in [-0.39, 0.29) is 0 Å². The van der Waals surface area contributed by atoms with Crippen LogP contribution >= 0.6 is 22.6 Å². The van der Waals surface area contributed by atoms with Crippen molar-refractivity contribution in [3.05, 3.63) is 23.9 Å². The minimum Gasteiger partial charge on any atom is -0.265 e. The highest BCUT2D eigenvalue weighted by molar-refractivity contribution is 14.1. The molecule has 0 bridgehead atoms. The molecule has 0 heterocycles. The molecular formula is C7H8IN. The third-order valence-electron chi connectivity index (χ3n) is 1.21. The van der Waals surface area contributed by atoms with Crippen molar-refractivity contribution < 1.29 is 0 Å². The normalized spacial score (nSPS) is 25.4. The summed E-state index contributed by atoms with van der Waals surface area (Å²) in [4.78, 5) is 3.80. The fourth-order valence-electron chi connectivity index (χ4n) is 0.700. The Balaban J connectivity index is 2.62. The molecule has 0 saturated heterocycles. The maximum atomic E-state index is 3.80. The molecule has 2 heteroatoms. The first kappa shape index (κ1) is 6.99. The predicted octanol–water partition coefficient (Wildman–Crippen LogP) is 2.33. The zero-order valence-electron chi connectivity index (χ0n) is 5.05. The summed E-state index contributed by atoms with van der Waals surface area (Å²) in [5.41, 5.74) is 1.00. The van der Waals surface area contributed by atoms with Gasteiger partial charge in [0.25, 0.3) is 0 Å². The van der Waals surface area contributed by atoms with Gasteiger partial charge in [-0.3, -0.25) is 4.99 Å². The summed E-state index contributed by atoms with van der Waals surface area (Å²) < 4.78 is 0.646. The molecule has 0 aromatic rings. The van der Waals surface area contributed by atoms with Crippen LogP contribution in [0.15, 0.2) is 28.9 Å². The van der Waals surface area contributed by atoms with E-state index in [1.807, 2.05) is 6.08 Å². The minimum absolute atomic E-state index is 0.646. The van der Waals surface area contributed by atoms with Crippen molar-refractivity contribution in [2.75, 3.05) is 0 Å². The second-order valence-corrected chi connectivity index (χ2v) is 3.50. The Bertz CT molecular complexity index is 170. The number of aliphatic imine (C=N–C) groups is 1. The van der Waals surface area contributed by atoms with Gasteiger partial charge < -0.3 is 0 Å². The topological polar surface area (TPSA) is 12.4 Å². The fraction of sp³-hybridized carbons (Fsp3) is 0.286. The fourth-order valence-corrected chi connectivity index (χ4v) is 1.16. The van der Waals surface area contributed by atoms with Crippen LogP contribution in [0.2, 0.25) is 0 Å². The molecule has 0 aliphatic heterocycles. The van der Waals surface area contributed by atoms with Gasteiger partial charge in [0.15, 0.2) is 0 Å². The summed E-state index contributed by atoms with van der Waals surface area (Å²) in [6.45, 7) is 3.44. The van der Waals surface area contributed by atoms with Crippen LogP contribution in [0.1, 0.15) is 6.42 Å². The van der Waals surface area contributed by atoms with Crippen molar-refractivity contribution in [1.82, 2.24) is 0 Å². The summed E-state index contributed by atoms with van der Waals surface area (Å²) in [7, 11) is 0. The number of allylic oxidation sites excluding steroid dienone is 3. The van der Waals surface area contributed by atoms with Gasteiger partial charge in [-0.05, 0) is 19.2 Å². The quantitative estimate of drug-likeness (QED) is 0.374. The first-order valence-corrected chi connectivity index (χ1v) is 4.06. The molecule has 1 atom stereocenters. The SMILES string of the molecule is C=NC1=CCC(I)C=C1. The van der Waals surface area contributed by atoms with Gasteiger partial charge in [-0.1, -0.05) is 34.7 Å². The third kappa shape index (κ3) is 1.93. The van der Waals surface area contributed by atoms with Crippen molar-refractivity contribution in [3.63, 3.8) is 0 Å². The Kier molecular flexibility index (Phi) is 2.45. The lowest BCUT2D eigenvalue weighted by Gasteiger charge is -2.05. The Morgan fingerprint density at radius 1 is 1.78 bits per heavy atom. The van der Waals surface area contributed by atoms with Crippen LogP contribution in [0.3, 0.4) is 0 Å². The van der Waals surface area contributed by atoms with Crippen LogP contribution in [-0.4, -0.2) is 10.6 Å². The van der Waals surface area contributed by atoms with Gasteiger partial charge in [0.1, 0.15) is 0 Å². The van der Waals surface area contributed by atoms with E-state index in [0.717, 1.165) is 12.1 Å². The molecule has 1 aliphatic carbocycles. The van der Waals surface area contributed by atoms with Crippen molar-refractivity contribution in [3.8, 4) is 0 Å². The molecule has 0 aromatic heterocycles. The Labute approximate surface area is 68.7 Å². The highest BCUT2D eigenvalue weighted by Gasteiger charge is 2.01. The Morgan fingerprint density at radius 3 is 3.00 bits per heavy atom. The molecule has 48 valence electrons. The first-order chi connectivity index (χ1) is 4.33. The van der Waals surface area contributed by atoms with Crippen molar-refractivity contribution in [2.45, 2.75) is 10.3 Å². The summed E-state index contributed by atoms with van der Waals surface area (Å²) in [6, 6.07) is 0. The molecule has 0 saturated carbocycles. The monoisotopic (exact) mass is 233 g/mol. The van der Waals surface area contributed by atoms with E-state index in [9.17, 15) is 0 Å². The van der Waals surface area contributed by atoms with Gasteiger partial charge in [0, 0.05) is 3.92 Å². The number of nitrogens with zero attached hydrogens (tertiary/aromatic N) is 1. The van der Waals surface area contributed by atoms with Crippen LogP contribution < -0.4 is 0 Å². The lowest BCUT2D eigenvalue weighted by molar-refractivity contribution is 1.06. The summed E-state index contributed by atoms with van der Waals surface area (Å²) in [6.07, 6.45) is 7.34. The third-order valence-corrected chi connectivity index (χ3v) is 2.13. The summed E-state index contributed by atoms with van der Waals surface area (Å²) >= 11 is 2.39. The lowest BCUT2D eigenvalue weighted by Crippen LogP contribution is -1.94. The van der Waals surface area contributed by atoms with E-state index in [1.54, 1.807) is 0 Å². The van der Waals surface area contributed by atoms with Crippen LogP contribution in [-0.2, 0) is 0 Å². The second kappa shape index (κ2) is 3.15. The van der Waals surface area contributed by atoms with Crippen LogP contribution in [0.4, 0.5) is 0 Å². The number of rotatable bonds is 1. The maximum absolute atomic E-state index is 3.80. The minimum atomic E-state index is 0.646. The molecule has 1 aliphatic rings.